The first-order valence-electron chi connectivity index (χ1n) is 9.07. The summed E-state index contributed by atoms with van der Waals surface area (Å²) in [6.07, 6.45) is 3.49. The number of amides is 1. The smallest absolute Gasteiger partial charge is 0.310 e. The van der Waals surface area contributed by atoms with Gasteiger partial charge in [0.1, 0.15) is 5.65 Å². The van der Waals surface area contributed by atoms with Crippen molar-refractivity contribution in [1.29, 1.82) is 0 Å². The molecule has 0 spiro atoms. The first kappa shape index (κ1) is 18.4. The van der Waals surface area contributed by atoms with Crippen molar-refractivity contribution in [3.05, 3.63) is 35.8 Å². The Hall–Kier alpha value is -2.41. The Morgan fingerprint density at radius 1 is 1.35 bits per heavy atom. The van der Waals surface area contributed by atoms with Gasteiger partial charge in [0.25, 0.3) is 5.91 Å². The van der Waals surface area contributed by atoms with Crippen molar-refractivity contribution in [3.8, 4) is 0 Å². The third-order valence-corrected chi connectivity index (χ3v) is 4.63. The first-order chi connectivity index (χ1) is 12.5. The van der Waals surface area contributed by atoms with E-state index in [0.717, 1.165) is 24.2 Å². The van der Waals surface area contributed by atoms with Crippen molar-refractivity contribution in [3.63, 3.8) is 0 Å². The third kappa shape index (κ3) is 3.72. The monoisotopic (exact) mass is 358 g/mol. The maximum Gasteiger partial charge on any atom is 0.310 e. The molecular weight excluding hydrogens is 332 g/mol. The van der Waals surface area contributed by atoms with Crippen LogP contribution in [0.2, 0.25) is 0 Å². The van der Waals surface area contributed by atoms with Crippen LogP contribution in [0.25, 0.3) is 5.65 Å². The first-order valence-corrected chi connectivity index (χ1v) is 9.07. The highest BCUT2D eigenvalue weighted by molar-refractivity contribution is 5.94. The summed E-state index contributed by atoms with van der Waals surface area (Å²) in [7, 11) is 3.93. The molecule has 2 aromatic heterocycles. The van der Waals surface area contributed by atoms with Crippen molar-refractivity contribution in [2.75, 3.05) is 33.8 Å². The second-order valence-electron chi connectivity index (χ2n) is 6.92. The minimum absolute atomic E-state index is 0.112. The molecule has 1 atom stereocenters. The third-order valence-electron chi connectivity index (χ3n) is 4.63. The molecule has 0 radical (unpaired) electrons. The van der Waals surface area contributed by atoms with Gasteiger partial charge in [0.05, 0.1) is 18.2 Å². The predicted octanol–water partition coefficient (Wildman–Crippen LogP) is 1.81. The zero-order valence-electron chi connectivity index (χ0n) is 15.6. The second kappa shape index (κ2) is 7.86. The highest BCUT2D eigenvalue weighted by atomic mass is 16.5. The number of imidazole rings is 1. The van der Waals surface area contributed by atoms with E-state index in [2.05, 4.69) is 4.98 Å². The molecule has 1 fully saturated rings. The van der Waals surface area contributed by atoms with Gasteiger partial charge in [-0.3, -0.25) is 9.59 Å². The van der Waals surface area contributed by atoms with E-state index in [-0.39, 0.29) is 17.8 Å². The summed E-state index contributed by atoms with van der Waals surface area (Å²) >= 11 is 0. The zero-order chi connectivity index (χ0) is 18.7. The minimum atomic E-state index is -0.248. The summed E-state index contributed by atoms with van der Waals surface area (Å²) in [5.41, 5.74) is 2.09. The minimum Gasteiger partial charge on any atom is -0.466 e. The van der Waals surface area contributed by atoms with E-state index in [4.69, 9.17) is 4.74 Å². The second-order valence-corrected chi connectivity index (χ2v) is 6.92. The van der Waals surface area contributed by atoms with E-state index in [1.54, 1.807) is 11.8 Å². The van der Waals surface area contributed by atoms with E-state index in [9.17, 15) is 9.59 Å². The van der Waals surface area contributed by atoms with Crippen LogP contribution in [0.5, 0.6) is 0 Å². The van der Waals surface area contributed by atoms with E-state index in [0.29, 0.717) is 31.9 Å². The van der Waals surface area contributed by atoms with Gasteiger partial charge in [-0.2, -0.15) is 0 Å². The molecule has 0 N–H and O–H groups in total. The van der Waals surface area contributed by atoms with Gasteiger partial charge in [0, 0.05) is 25.8 Å². The molecule has 0 aliphatic carbocycles. The van der Waals surface area contributed by atoms with Gasteiger partial charge < -0.3 is 18.9 Å². The summed E-state index contributed by atoms with van der Waals surface area (Å²) in [6, 6.07) is 5.74. The number of nitrogens with zero attached hydrogens (tertiary/aromatic N) is 4. The molecule has 2 aromatic rings. The molecule has 7 nitrogen and oxygen atoms in total. The molecule has 1 aliphatic heterocycles. The Kier molecular flexibility index (Phi) is 5.56. The zero-order valence-corrected chi connectivity index (χ0v) is 15.6. The van der Waals surface area contributed by atoms with Crippen LogP contribution in [0.15, 0.2) is 24.4 Å². The van der Waals surface area contributed by atoms with Gasteiger partial charge in [-0.25, -0.2) is 4.98 Å². The fourth-order valence-corrected chi connectivity index (χ4v) is 3.43. The quantitative estimate of drug-likeness (QED) is 0.763. The van der Waals surface area contributed by atoms with Crippen LogP contribution in [0, 0.1) is 5.92 Å². The number of rotatable bonds is 5. The van der Waals surface area contributed by atoms with Crippen LogP contribution in [0.1, 0.15) is 35.9 Å². The Morgan fingerprint density at radius 3 is 2.88 bits per heavy atom. The predicted molar refractivity (Wildman–Crippen MR) is 97.8 cm³/mol. The molecule has 7 heteroatoms. The molecule has 0 aromatic carbocycles. The van der Waals surface area contributed by atoms with Gasteiger partial charge in [-0.1, -0.05) is 6.07 Å². The summed E-state index contributed by atoms with van der Waals surface area (Å²) in [6.45, 7) is 3.81. The van der Waals surface area contributed by atoms with Gasteiger partial charge >= 0.3 is 5.97 Å². The number of ether oxygens (including phenoxy) is 1. The molecule has 3 heterocycles. The Morgan fingerprint density at radius 2 is 2.15 bits per heavy atom. The summed E-state index contributed by atoms with van der Waals surface area (Å²) in [4.78, 5) is 33.6. The summed E-state index contributed by atoms with van der Waals surface area (Å²) in [5, 5.41) is 0. The highest BCUT2D eigenvalue weighted by Gasteiger charge is 2.32. The van der Waals surface area contributed by atoms with E-state index < -0.39 is 0 Å². The number of hydrogen-bond donors (Lipinski definition) is 0. The number of fused-ring (bicyclic) bond motifs is 1. The van der Waals surface area contributed by atoms with Crippen LogP contribution in [-0.2, 0) is 16.1 Å². The molecular formula is C19H26N4O3. The van der Waals surface area contributed by atoms with Crippen molar-refractivity contribution >= 4 is 17.5 Å². The number of esters is 1. The molecule has 3 rings (SSSR count). The lowest BCUT2D eigenvalue weighted by Crippen LogP contribution is -2.43. The molecule has 1 amide bonds. The SMILES string of the molecule is CCOC(=O)C1CCCN(C(=O)c2nc3ccccn3c2CN(C)C)C1. The number of aromatic nitrogens is 2. The topological polar surface area (TPSA) is 67.1 Å². The van der Waals surface area contributed by atoms with E-state index >= 15 is 0 Å². The number of carbonyl (C=O) groups is 2. The van der Waals surface area contributed by atoms with Crippen LogP contribution < -0.4 is 0 Å². The summed E-state index contributed by atoms with van der Waals surface area (Å²) in [5.74, 6) is -0.574. The molecule has 0 bridgehead atoms. The van der Waals surface area contributed by atoms with Crippen molar-refractivity contribution < 1.29 is 14.3 Å². The van der Waals surface area contributed by atoms with Crippen LogP contribution >= 0.6 is 0 Å². The molecule has 1 unspecified atom stereocenters. The normalized spacial score (nSPS) is 17.7. The van der Waals surface area contributed by atoms with Crippen LogP contribution in [0.3, 0.4) is 0 Å². The number of carbonyl (C=O) groups excluding carboxylic acids is 2. The van der Waals surface area contributed by atoms with Crippen molar-refractivity contribution in [1.82, 2.24) is 19.2 Å². The van der Waals surface area contributed by atoms with E-state index in [1.165, 1.54) is 0 Å². The number of likely N-dealkylation sites (tertiary alicyclic amines) is 1. The largest absolute Gasteiger partial charge is 0.466 e. The van der Waals surface area contributed by atoms with E-state index in [1.807, 2.05) is 47.8 Å². The fourth-order valence-electron chi connectivity index (χ4n) is 3.43. The number of piperidine rings is 1. The lowest BCUT2D eigenvalue weighted by molar-refractivity contribution is -0.149. The Bertz CT molecular complexity index is 799. The van der Waals surface area contributed by atoms with Gasteiger partial charge in [-0.05, 0) is 46.0 Å². The molecule has 140 valence electrons. The standard InChI is InChI=1S/C19H26N4O3/c1-4-26-19(25)14-8-7-10-22(12-14)18(24)17-15(13-21(2)3)23-11-6-5-9-16(23)20-17/h5-6,9,11,14H,4,7-8,10,12-13H2,1-3H3. The molecule has 26 heavy (non-hydrogen) atoms. The number of pyridine rings is 1. The lowest BCUT2D eigenvalue weighted by Gasteiger charge is -2.31. The number of hydrogen-bond acceptors (Lipinski definition) is 5. The fraction of sp³-hybridized carbons (Fsp3) is 0.526. The molecule has 0 saturated carbocycles. The van der Waals surface area contributed by atoms with Gasteiger partial charge in [0.2, 0.25) is 0 Å². The van der Waals surface area contributed by atoms with Crippen LogP contribution in [0.4, 0.5) is 0 Å². The maximum atomic E-state index is 13.2. The van der Waals surface area contributed by atoms with Crippen LogP contribution in [-0.4, -0.2) is 64.9 Å². The Labute approximate surface area is 153 Å². The van der Waals surface area contributed by atoms with Gasteiger partial charge in [0.15, 0.2) is 5.69 Å². The summed E-state index contributed by atoms with van der Waals surface area (Å²) < 4.78 is 7.09. The van der Waals surface area contributed by atoms with Crippen molar-refractivity contribution in [2.45, 2.75) is 26.3 Å². The Balaban J connectivity index is 1.88. The molecule has 1 saturated heterocycles. The average Bonchev–Trinajstić information content (AvgIpc) is 2.99. The van der Waals surface area contributed by atoms with Crippen molar-refractivity contribution in [2.24, 2.45) is 5.92 Å². The average molecular weight is 358 g/mol. The highest BCUT2D eigenvalue weighted by Crippen LogP contribution is 2.22. The van der Waals surface area contributed by atoms with Gasteiger partial charge in [-0.15, -0.1) is 0 Å². The lowest BCUT2D eigenvalue weighted by atomic mass is 9.98. The molecule has 1 aliphatic rings. The maximum absolute atomic E-state index is 13.2.